The number of benzene rings is 1. The van der Waals surface area contributed by atoms with Crippen LogP contribution in [-0.4, -0.2) is 16.8 Å². The summed E-state index contributed by atoms with van der Waals surface area (Å²) in [6, 6.07) is 12.6. The third-order valence-corrected chi connectivity index (χ3v) is 3.34. The van der Waals surface area contributed by atoms with Crippen LogP contribution >= 0.6 is 11.8 Å². The van der Waals surface area contributed by atoms with Crippen molar-refractivity contribution in [1.82, 2.24) is 0 Å². The van der Waals surface area contributed by atoms with E-state index in [1.807, 2.05) is 25.1 Å². The number of ketones is 1. The summed E-state index contributed by atoms with van der Waals surface area (Å²) in [6.07, 6.45) is 3.40. The first-order chi connectivity index (χ1) is 9.65. The Kier molecular flexibility index (Phi) is 4.90. The highest BCUT2D eigenvalue weighted by atomic mass is 32.2. The van der Waals surface area contributed by atoms with Crippen LogP contribution in [0.4, 0.5) is 0 Å². The van der Waals surface area contributed by atoms with Gasteiger partial charge in [-0.1, -0.05) is 35.0 Å². The van der Waals surface area contributed by atoms with Crippen molar-refractivity contribution in [3.63, 3.8) is 0 Å². The summed E-state index contributed by atoms with van der Waals surface area (Å²) in [6.45, 7) is 1.96. The number of thioether (sulfide) groups is 1. The molecule has 0 saturated heterocycles. The van der Waals surface area contributed by atoms with Gasteiger partial charge in [0.15, 0.2) is 5.78 Å². The Bertz CT molecular complexity index is 610. The average Bonchev–Trinajstić information content (AvgIpc) is 2.48. The Hall–Kier alpha value is -2.14. The highest BCUT2D eigenvalue weighted by Crippen LogP contribution is 2.06. The molecule has 2 aromatic rings. The second kappa shape index (κ2) is 6.86. The van der Waals surface area contributed by atoms with E-state index in [1.54, 1.807) is 36.7 Å². The number of aryl methyl sites for hydroxylation is 1. The van der Waals surface area contributed by atoms with Crippen LogP contribution in [-0.2, 0) is 0 Å². The number of carbonyl (C=O) groups is 1. The number of hydrogen-bond acceptors (Lipinski definition) is 4. The summed E-state index contributed by atoms with van der Waals surface area (Å²) < 4.78 is 1.44. The number of rotatable bonds is 4. The van der Waals surface area contributed by atoms with Gasteiger partial charge in [-0.2, -0.15) is 0 Å². The minimum absolute atomic E-state index is 0.0759. The Morgan fingerprint density at radius 3 is 2.50 bits per heavy atom. The molecule has 1 heterocycles. The van der Waals surface area contributed by atoms with Crippen LogP contribution in [0.5, 0.6) is 0 Å². The normalized spacial score (nSPS) is 11.3. The quantitative estimate of drug-likeness (QED) is 0.369. The summed E-state index contributed by atoms with van der Waals surface area (Å²) in [5.41, 5.74) is 1.70. The van der Waals surface area contributed by atoms with Crippen LogP contribution in [0.25, 0.3) is 0 Å². The zero-order valence-electron chi connectivity index (χ0n) is 11.0. The minimum Gasteiger partial charge on any atom is -0.850 e. The molecular weight excluding hydrogens is 272 g/mol. The van der Waals surface area contributed by atoms with E-state index in [0.717, 1.165) is 17.3 Å². The maximum atomic E-state index is 11.8. The number of pyridine rings is 1. The smallest absolute Gasteiger partial charge is 0.202 e. The van der Waals surface area contributed by atoms with Crippen molar-refractivity contribution in [2.24, 2.45) is 5.10 Å². The van der Waals surface area contributed by atoms with Crippen molar-refractivity contribution in [2.45, 2.75) is 6.92 Å². The topological polar surface area (TPSA) is 56.4 Å². The van der Waals surface area contributed by atoms with E-state index in [9.17, 15) is 9.90 Å². The van der Waals surface area contributed by atoms with E-state index in [1.165, 1.54) is 4.68 Å². The second-order valence-corrected chi connectivity index (χ2v) is 5.13. The lowest BCUT2D eigenvalue weighted by molar-refractivity contribution is -0.681. The van der Waals surface area contributed by atoms with Crippen LogP contribution in [0, 0.1) is 6.92 Å². The highest BCUT2D eigenvalue weighted by molar-refractivity contribution is 8.13. The van der Waals surface area contributed by atoms with Crippen molar-refractivity contribution < 1.29 is 14.6 Å². The molecule has 0 aliphatic rings. The molecule has 0 atom stereocenters. The van der Waals surface area contributed by atoms with Crippen LogP contribution in [0.1, 0.15) is 15.9 Å². The van der Waals surface area contributed by atoms with Crippen molar-refractivity contribution in [3.8, 4) is 0 Å². The van der Waals surface area contributed by atoms with Crippen molar-refractivity contribution in [1.29, 1.82) is 0 Å². The monoisotopic (exact) mass is 286 g/mol. The molecule has 0 N–H and O–H groups in total. The number of aromatic nitrogens is 1. The Labute approximate surface area is 121 Å². The molecule has 0 unspecified atom stereocenters. The molecule has 0 saturated carbocycles. The first-order valence-corrected chi connectivity index (χ1v) is 7.08. The fraction of sp³-hybridized carbons (Fsp3) is 0.133. The van der Waals surface area contributed by atoms with Gasteiger partial charge in [0.2, 0.25) is 12.4 Å². The molecule has 0 amide bonds. The van der Waals surface area contributed by atoms with Gasteiger partial charge < -0.3 is 5.11 Å². The summed E-state index contributed by atoms with van der Waals surface area (Å²) in [5, 5.41) is 15.1. The molecule has 5 heteroatoms. The molecule has 1 aromatic heterocycles. The van der Waals surface area contributed by atoms with E-state index < -0.39 is 0 Å². The van der Waals surface area contributed by atoms with Crippen LogP contribution in [0.2, 0.25) is 0 Å². The average molecular weight is 286 g/mol. The zero-order chi connectivity index (χ0) is 14.4. The predicted molar refractivity (Wildman–Crippen MR) is 77.4 cm³/mol. The number of nitrogens with zero attached hydrogens (tertiary/aromatic N) is 2. The van der Waals surface area contributed by atoms with Gasteiger partial charge in [0.05, 0.1) is 11.0 Å². The maximum Gasteiger partial charge on any atom is 0.202 e. The molecule has 2 rings (SSSR count). The molecule has 0 fully saturated rings. The first-order valence-electron chi connectivity index (χ1n) is 6.10. The molecule has 0 spiro atoms. The van der Waals surface area contributed by atoms with E-state index in [4.69, 9.17) is 0 Å². The Morgan fingerprint density at radius 2 is 1.85 bits per heavy atom. The van der Waals surface area contributed by atoms with Crippen LogP contribution < -0.4 is 9.78 Å². The number of hydrogen-bond donors (Lipinski definition) is 0. The molecule has 20 heavy (non-hydrogen) atoms. The van der Waals surface area contributed by atoms with Gasteiger partial charge >= 0.3 is 0 Å². The third-order valence-electron chi connectivity index (χ3n) is 2.60. The van der Waals surface area contributed by atoms with Crippen molar-refractivity contribution in [3.05, 3.63) is 66.0 Å². The first kappa shape index (κ1) is 14.3. The van der Waals surface area contributed by atoms with Gasteiger partial charge in [0.1, 0.15) is 0 Å². The Balaban J connectivity index is 1.93. The third kappa shape index (κ3) is 4.20. The van der Waals surface area contributed by atoms with Crippen LogP contribution in [0.3, 0.4) is 0 Å². The zero-order valence-corrected chi connectivity index (χ0v) is 11.8. The van der Waals surface area contributed by atoms with Crippen LogP contribution in [0.15, 0.2) is 60.0 Å². The SMILES string of the molecule is Cc1cc[n+](/N=C(\[O-])SCC(=O)c2ccccc2)cc1. The second-order valence-electron chi connectivity index (χ2n) is 4.20. The summed E-state index contributed by atoms with van der Waals surface area (Å²) in [4.78, 5) is 11.8. The van der Waals surface area contributed by atoms with Crippen molar-refractivity contribution in [2.75, 3.05) is 5.75 Å². The number of Topliss-reactive ketones (excluding diaryl/α,β-unsaturated/α-hetero) is 1. The van der Waals surface area contributed by atoms with Gasteiger partial charge in [-0.25, -0.2) is 0 Å². The molecule has 1 aromatic carbocycles. The lowest BCUT2D eigenvalue weighted by Gasteiger charge is -2.05. The molecule has 4 nitrogen and oxygen atoms in total. The lowest BCUT2D eigenvalue weighted by atomic mass is 10.2. The molecule has 102 valence electrons. The summed E-state index contributed by atoms with van der Waals surface area (Å²) in [7, 11) is 0. The molecule has 0 aliphatic heterocycles. The van der Waals surface area contributed by atoms with Gasteiger partial charge in [0, 0.05) is 17.7 Å². The predicted octanol–water partition coefficient (Wildman–Crippen LogP) is 1.38. The van der Waals surface area contributed by atoms with E-state index in [0.29, 0.717) is 5.56 Å². The van der Waals surface area contributed by atoms with Gasteiger partial charge in [-0.3, -0.25) is 4.79 Å². The summed E-state index contributed by atoms with van der Waals surface area (Å²) in [5.74, 6) is 0.0201. The Morgan fingerprint density at radius 1 is 1.20 bits per heavy atom. The largest absolute Gasteiger partial charge is 0.850 e. The summed E-state index contributed by atoms with van der Waals surface area (Å²) >= 11 is 0.902. The van der Waals surface area contributed by atoms with Crippen molar-refractivity contribution >= 4 is 22.8 Å². The maximum absolute atomic E-state index is 11.8. The van der Waals surface area contributed by atoms with E-state index in [-0.39, 0.29) is 16.8 Å². The minimum atomic E-state index is -0.386. The fourth-order valence-electron chi connectivity index (χ4n) is 1.52. The van der Waals surface area contributed by atoms with Gasteiger partial charge in [0.25, 0.3) is 0 Å². The number of carbonyl (C=O) groups excluding carboxylic acids is 1. The highest BCUT2D eigenvalue weighted by Gasteiger charge is 2.05. The molecular formula is C15H14N2O2S. The standard InChI is InChI=1S/C15H14N2O2S/c1-12-7-9-17(10-8-12)16-15(19)20-11-14(18)13-5-3-2-4-6-13/h2-10H,11H2,1H3. The van der Waals surface area contributed by atoms with Gasteiger partial charge in [-0.05, 0) is 17.6 Å². The van der Waals surface area contributed by atoms with E-state index >= 15 is 0 Å². The fourth-order valence-corrected chi connectivity index (χ4v) is 2.09. The lowest BCUT2D eigenvalue weighted by Crippen LogP contribution is -2.31. The molecule has 0 bridgehead atoms. The van der Waals surface area contributed by atoms with Gasteiger partial charge in [-0.15, -0.1) is 11.8 Å². The molecule has 0 radical (unpaired) electrons. The molecule has 0 aliphatic carbocycles. The van der Waals surface area contributed by atoms with E-state index in [2.05, 4.69) is 5.10 Å².